The Balaban J connectivity index is 2.38. The zero-order valence-corrected chi connectivity index (χ0v) is 37.3. The number of carbonyl (C=O) groups excluding carboxylic acids is 7. The molecule has 1 heterocycles. The molecule has 64 heavy (non-hydrogen) atoms. The Hall–Kier alpha value is -6.03. The molecule has 0 spiro atoms. The summed E-state index contributed by atoms with van der Waals surface area (Å²) in [6.45, 7) is 8.94. The summed E-state index contributed by atoms with van der Waals surface area (Å²) >= 11 is 0. The summed E-state index contributed by atoms with van der Waals surface area (Å²) in [7, 11) is 0. The number of tetrazole rings is 1. The highest BCUT2D eigenvalue weighted by Crippen LogP contribution is 2.28. The Labute approximate surface area is 371 Å². The molecule has 1 aliphatic rings. The van der Waals surface area contributed by atoms with Crippen LogP contribution < -0.4 is 31.9 Å². The molecule has 7 atom stereocenters. The van der Waals surface area contributed by atoms with Crippen LogP contribution >= 0.6 is 0 Å². The number of amides is 6. The number of rotatable bonds is 30. The molecule has 2 rings (SSSR count). The maximum atomic E-state index is 14.3. The number of hydrogen-bond donors (Lipinski definition) is 10. The third-order valence-electron chi connectivity index (χ3n) is 11.0. The Morgan fingerprint density at radius 2 is 1.22 bits per heavy atom. The average Bonchev–Trinajstić information content (AvgIpc) is 3.79. The lowest BCUT2D eigenvalue weighted by molar-refractivity contribution is -0.142. The van der Waals surface area contributed by atoms with Crippen molar-refractivity contribution >= 4 is 59.1 Å². The van der Waals surface area contributed by atoms with Gasteiger partial charge in [0.15, 0.2) is 0 Å². The van der Waals surface area contributed by atoms with E-state index in [1.54, 1.807) is 27.7 Å². The van der Waals surface area contributed by atoms with Crippen molar-refractivity contribution in [2.24, 2.45) is 17.8 Å². The van der Waals surface area contributed by atoms with Gasteiger partial charge in [-0.1, -0.05) is 86.0 Å². The minimum atomic E-state index is -1.78. The van der Waals surface area contributed by atoms with Crippen LogP contribution in [0.2, 0.25) is 0 Å². The zero-order chi connectivity index (χ0) is 47.9. The molecule has 1 aliphatic carbocycles. The summed E-state index contributed by atoms with van der Waals surface area (Å²) in [5.41, 5.74) is 0. The lowest BCUT2D eigenvalue weighted by Crippen LogP contribution is -2.61. The van der Waals surface area contributed by atoms with Crippen LogP contribution in [0, 0.1) is 17.8 Å². The number of aromatic nitrogens is 4. The summed E-state index contributed by atoms with van der Waals surface area (Å²) in [5, 5.41) is 56.2. The number of nitrogens with one attached hydrogen (secondary N) is 7. The van der Waals surface area contributed by atoms with E-state index in [0.29, 0.717) is 12.8 Å². The predicted octanol–water partition coefficient (Wildman–Crippen LogP) is 0.748. The van der Waals surface area contributed by atoms with Gasteiger partial charge in [0, 0.05) is 12.8 Å². The van der Waals surface area contributed by atoms with E-state index in [9.17, 15) is 58.2 Å². The summed E-state index contributed by atoms with van der Waals surface area (Å²) in [6, 6.07) is -8.11. The van der Waals surface area contributed by atoms with Gasteiger partial charge in [-0.05, 0) is 48.7 Å². The summed E-state index contributed by atoms with van der Waals surface area (Å²) in [6.07, 6.45) is 3.56. The molecular formula is C41H66N10O13. The van der Waals surface area contributed by atoms with Gasteiger partial charge in [0.05, 0.1) is 18.9 Å². The van der Waals surface area contributed by atoms with E-state index < -0.39 is 133 Å². The van der Waals surface area contributed by atoms with E-state index >= 15 is 0 Å². The van der Waals surface area contributed by atoms with Crippen LogP contribution in [0.3, 0.4) is 0 Å². The van der Waals surface area contributed by atoms with Gasteiger partial charge in [-0.3, -0.25) is 47.9 Å². The van der Waals surface area contributed by atoms with Gasteiger partial charge in [-0.25, -0.2) is 0 Å². The van der Waals surface area contributed by atoms with Crippen molar-refractivity contribution in [1.29, 1.82) is 0 Å². The molecule has 1 saturated carbocycles. The Morgan fingerprint density at radius 1 is 0.641 bits per heavy atom. The highest BCUT2D eigenvalue weighted by Gasteiger charge is 2.37. The van der Waals surface area contributed by atoms with Gasteiger partial charge in [0.25, 0.3) is 0 Å². The number of unbranched alkanes of at least 4 members (excludes halogenated alkanes) is 1. The van der Waals surface area contributed by atoms with Crippen molar-refractivity contribution in [3.05, 3.63) is 5.82 Å². The Kier molecular flexibility index (Phi) is 23.6. The molecule has 0 aliphatic heterocycles. The molecule has 1 unspecified atom stereocenters. The second-order valence-electron chi connectivity index (χ2n) is 16.8. The number of carboxylic acids is 3. The largest absolute Gasteiger partial charge is 0.481 e. The number of carbonyl (C=O) groups is 10. The second-order valence-corrected chi connectivity index (χ2v) is 16.8. The van der Waals surface area contributed by atoms with Gasteiger partial charge in [0.2, 0.25) is 47.1 Å². The first-order valence-electron chi connectivity index (χ1n) is 22.0. The van der Waals surface area contributed by atoms with Crippen molar-refractivity contribution in [3.8, 4) is 0 Å². The van der Waals surface area contributed by atoms with Crippen LogP contribution in [0.15, 0.2) is 0 Å². The van der Waals surface area contributed by atoms with E-state index in [0.717, 1.165) is 38.5 Å². The molecule has 0 aromatic carbocycles. The van der Waals surface area contributed by atoms with Gasteiger partial charge in [-0.2, -0.15) is 5.21 Å². The van der Waals surface area contributed by atoms with Crippen molar-refractivity contribution in [2.45, 2.75) is 174 Å². The van der Waals surface area contributed by atoms with Gasteiger partial charge in [-0.15, -0.1) is 10.2 Å². The van der Waals surface area contributed by atoms with Crippen LogP contribution in [0.1, 0.15) is 148 Å². The zero-order valence-electron chi connectivity index (χ0n) is 37.3. The topological polar surface area (TPSA) is 358 Å². The minimum absolute atomic E-state index is 0.00749. The quantitative estimate of drug-likeness (QED) is 0.0476. The lowest BCUT2D eigenvalue weighted by Gasteiger charge is -2.31. The van der Waals surface area contributed by atoms with E-state index in [1.807, 2.05) is 6.92 Å². The summed E-state index contributed by atoms with van der Waals surface area (Å²) < 4.78 is 0. The van der Waals surface area contributed by atoms with Crippen LogP contribution in [0.5, 0.6) is 0 Å². The highest BCUT2D eigenvalue weighted by atomic mass is 16.4. The normalized spacial score (nSPS) is 16.1. The first kappa shape index (κ1) is 54.1. The van der Waals surface area contributed by atoms with Gasteiger partial charge < -0.3 is 47.2 Å². The smallest absolute Gasteiger partial charge is 0.305 e. The van der Waals surface area contributed by atoms with Crippen LogP contribution in [0.25, 0.3) is 0 Å². The molecule has 23 heteroatoms. The monoisotopic (exact) mass is 906 g/mol. The van der Waals surface area contributed by atoms with Crippen LogP contribution in [-0.2, 0) is 43.2 Å². The predicted molar refractivity (Wildman–Crippen MR) is 226 cm³/mol. The van der Waals surface area contributed by atoms with Crippen molar-refractivity contribution in [3.63, 3.8) is 0 Å². The minimum Gasteiger partial charge on any atom is -0.481 e. The first-order valence-corrected chi connectivity index (χ1v) is 22.0. The molecule has 0 saturated heterocycles. The average molecular weight is 907 g/mol. The fraction of sp³-hybridized carbons (Fsp3) is 0.732. The third kappa shape index (κ3) is 19.6. The van der Waals surface area contributed by atoms with Gasteiger partial charge in [0.1, 0.15) is 30.2 Å². The number of H-pyrrole nitrogens is 1. The standard InChI is InChI=1S/C41H66N10O13/c1-6-8-14-25(35(59)36-48-50-51-49-36)43-38(61)28(20-24-12-10-9-11-13-24)46-41(64)34(23(5)7-2)47-40(63)27(19-22(3)4)45-37(60)26(15-17-31(53)54)44-39(62)29(21-33(57)58)42-30(52)16-18-32(55)56/h22-29,34H,6-21H2,1-5H3,(H,42,52)(H,43,61)(H,44,62)(H,45,60)(H,46,64)(H,47,63)(H,53,54)(H,55,56)(H,57,58)(H,48,49,50,51)/t23-,25?,26+,27-,28-,29-,34-/m0/s1. The molecule has 358 valence electrons. The molecule has 6 amide bonds. The molecule has 1 aromatic heterocycles. The SMILES string of the molecule is CCCCC(NC(=O)[C@H](CC1CCCCC1)NC(=O)[C@@H](NC(=O)[C@H](CC(C)C)NC(=O)[C@@H](CCC(=O)O)NC(=O)[C@H](CC(=O)O)NC(=O)CCC(=O)O)[C@@H](C)CC)C(=O)c1nn[nH]n1. The molecule has 1 fully saturated rings. The fourth-order valence-corrected chi connectivity index (χ4v) is 7.23. The number of hydrogen-bond acceptors (Lipinski definition) is 13. The lowest BCUT2D eigenvalue weighted by atomic mass is 9.84. The number of nitrogens with zero attached hydrogens (tertiary/aromatic N) is 3. The molecule has 0 radical (unpaired) electrons. The number of aliphatic carboxylic acids is 3. The Morgan fingerprint density at radius 3 is 1.78 bits per heavy atom. The van der Waals surface area contributed by atoms with E-state index in [2.05, 4.69) is 52.5 Å². The molecular weight excluding hydrogens is 841 g/mol. The number of Topliss-reactive ketones (excluding diaryl/α,β-unsaturated/α-hetero) is 1. The third-order valence-corrected chi connectivity index (χ3v) is 11.0. The van der Waals surface area contributed by atoms with Crippen LogP contribution in [0.4, 0.5) is 0 Å². The summed E-state index contributed by atoms with van der Waals surface area (Å²) in [4.78, 5) is 129. The molecule has 0 bridgehead atoms. The number of ketones is 1. The van der Waals surface area contributed by atoms with E-state index in [4.69, 9.17) is 5.11 Å². The number of aromatic amines is 1. The maximum absolute atomic E-state index is 14.3. The fourth-order valence-electron chi connectivity index (χ4n) is 7.23. The van der Waals surface area contributed by atoms with Crippen LogP contribution in [-0.4, -0.2) is 131 Å². The summed E-state index contributed by atoms with van der Waals surface area (Å²) in [5.74, 6) is -10.9. The maximum Gasteiger partial charge on any atom is 0.305 e. The van der Waals surface area contributed by atoms with Crippen molar-refractivity contribution < 1.29 is 63.3 Å². The van der Waals surface area contributed by atoms with Crippen molar-refractivity contribution in [2.75, 3.05) is 0 Å². The van der Waals surface area contributed by atoms with Gasteiger partial charge >= 0.3 is 17.9 Å². The molecule has 23 nitrogen and oxygen atoms in total. The molecule has 10 N–H and O–H groups in total. The highest BCUT2D eigenvalue weighted by molar-refractivity contribution is 6.01. The van der Waals surface area contributed by atoms with E-state index in [-0.39, 0.29) is 36.9 Å². The number of carboxylic acid groups (broad SMARTS) is 3. The molecule has 1 aromatic rings. The van der Waals surface area contributed by atoms with Crippen molar-refractivity contribution in [1.82, 2.24) is 52.5 Å². The Bertz CT molecular complexity index is 1750. The van der Waals surface area contributed by atoms with E-state index in [1.165, 1.54) is 0 Å². The first-order chi connectivity index (χ1) is 30.2. The second kappa shape index (κ2) is 27.9.